The Morgan fingerprint density at radius 2 is 1.91 bits per heavy atom. The fourth-order valence-corrected chi connectivity index (χ4v) is 4.18. The first-order valence-corrected chi connectivity index (χ1v) is 11.7. The van der Waals surface area contributed by atoms with E-state index in [1.807, 2.05) is 12.1 Å². The predicted molar refractivity (Wildman–Crippen MR) is 126 cm³/mol. The maximum Gasteiger partial charge on any atom is 0.258 e. The SMILES string of the molecule is Cc1cc(S(=O)(=O)N(C)C)ccc1OCC(=O)NCCNc1ccnc2cc(Cl)ccc12. The molecule has 0 radical (unpaired) electrons. The molecule has 0 saturated heterocycles. The summed E-state index contributed by atoms with van der Waals surface area (Å²) in [6, 6.07) is 11.9. The van der Waals surface area contributed by atoms with Crippen LogP contribution in [0, 0.1) is 6.92 Å². The van der Waals surface area contributed by atoms with E-state index in [1.54, 1.807) is 31.3 Å². The first kappa shape index (κ1) is 23.8. The van der Waals surface area contributed by atoms with Gasteiger partial charge >= 0.3 is 0 Å². The van der Waals surface area contributed by atoms with Gasteiger partial charge in [-0.3, -0.25) is 9.78 Å². The number of sulfonamides is 1. The minimum Gasteiger partial charge on any atom is -0.484 e. The van der Waals surface area contributed by atoms with Crippen LogP contribution in [-0.2, 0) is 14.8 Å². The van der Waals surface area contributed by atoms with Gasteiger partial charge in [0.05, 0.1) is 10.4 Å². The monoisotopic (exact) mass is 476 g/mol. The molecule has 0 aliphatic heterocycles. The molecule has 8 nitrogen and oxygen atoms in total. The third-order valence-electron chi connectivity index (χ3n) is 4.75. The number of amides is 1. The van der Waals surface area contributed by atoms with Crippen molar-refractivity contribution in [1.29, 1.82) is 0 Å². The maximum atomic E-state index is 12.2. The van der Waals surface area contributed by atoms with Crippen LogP contribution in [0.5, 0.6) is 5.75 Å². The number of hydrogen-bond acceptors (Lipinski definition) is 6. The van der Waals surface area contributed by atoms with Gasteiger partial charge < -0.3 is 15.4 Å². The van der Waals surface area contributed by atoms with E-state index in [0.717, 1.165) is 20.9 Å². The van der Waals surface area contributed by atoms with Gasteiger partial charge in [0, 0.05) is 49.5 Å². The molecular formula is C22H25ClN4O4S. The van der Waals surface area contributed by atoms with E-state index >= 15 is 0 Å². The topological polar surface area (TPSA) is 101 Å². The molecule has 0 spiro atoms. The molecule has 1 amide bonds. The zero-order valence-electron chi connectivity index (χ0n) is 18.1. The second-order valence-corrected chi connectivity index (χ2v) is 9.89. The summed E-state index contributed by atoms with van der Waals surface area (Å²) in [6.45, 7) is 2.48. The van der Waals surface area contributed by atoms with Crippen LogP contribution in [-0.4, -0.2) is 57.4 Å². The Morgan fingerprint density at radius 1 is 1.12 bits per heavy atom. The highest BCUT2D eigenvalue weighted by Gasteiger charge is 2.18. The van der Waals surface area contributed by atoms with Crippen LogP contribution >= 0.6 is 11.6 Å². The highest BCUT2D eigenvalue weighted by Crippen LogP contribution is 2.24. The molecule has 170 valence electrons. The normalized spacial score (nSPS) is 11.5. The molecule has 0 aliphatic rings. The zero-order valence-corrected chi connectivity index (χ0v) is 19.6. The number of halogens is 1. The van der Waals surface area contributed by atoms with E-state index < -0.39 is 10.0 Å². The number of benzene rings is 2. The lowest BCUT2D eigenvalue weighted by Crippen LogP contribution is -2.32. The maximum absolute atomic E-state index is 12.2. The summed E-state index contributed by atoms with van der Waals surface area (Å²) in [4.78, 5) is 16.6. The van der Waals surface area contributed by atoms with Crippen LogP contribution in [0.3, 0.4) is 0 Å². The molecule has 0 fully saturated rings. The molecule has 32 heavy (non-hydrogen) atoms. The molecule has 2 N–H and O–H groups in total. The van der Waals surface area contributed by atoms with Gasteiger partial charge in [-0.1, -0.05) is 11.6 Å². The number of nitrogens with one attached hydrogen (secondary N) is 2. The van der Waals surface area contributed by atoms with E-state index in [2.05, 4.69) is 15.6 Å². The quantitative estimate of drug-likeness (QED) is 0.460. The van der Waals surface area contributed by atoms with Gasteiger partial charge in [-0.25, -0.2) is 12.7 Å². The number of pyridine rings is 1. The van der Waals surface area contributed by atoms with Crippen LogP contribution in [0.1, 0.15) is 5.56 Å². The fourth-order valence-electron chi connectivity index (χ4n) is 3.02. The molecule has 3 aromatic rings. The average Bonchev–Trinajstić information content (AvgIpc) is 2.75. The largest absolute Gasteiger partial charge is 0.484 e. The number of fused-ring (bicyclic) bond motifs is 1. The number of aromatic nitrogens is 1. The fraction of sp³-hybridized carbons (Fsp3) is 0.273. The van der Waals surface area contributed by atoms with Crippen molar-refractivity contribution in [2.45, 2.75) is 11.8 Å². The van der Waals surface area contributed by atoms with Crippen molar-refractivity contribution >= 4 is 44.1 Å². The van der Waals surface area contributed by atoms with Gasteiger partial charge in [0.2, 0.25) is 10.0 Å². The van der Waals surface area contributed by atoms with Gasteiger partial charge in [0.25, 0.3) is 5.91 Å². The average molecular weight is 477 g/mol. The molecule has 1 aromatic heterocycles. The second kappa shape index (κ2) is 10.2. The van der Waals surface area contributed by atoms with Crippen molar-refractivity contribution in [3.63, 3.8) is 0 Å². The van der Waals surface area contributed by atoms with Crippen molar-refractivity contribution in [2.75, 3.05) is 39.1 Å². The molecule has 0 bridgehead atoms. The van der Waals surface area contributed by atoms with Crippen LogP contribution in [0.4, 0.5) is 5.69 Å². The summed E-state index contributed by atoms with van der Waals surface area (Å²) in [5, 5.41) is 7.63. The highest BCUT2D eigenvalue weighted by atomic mass is 35.5. The smallest absolute Gasteiger partial charge is 0.258 e. The molecule has 3 rings (SSSR count). The third kappa shape index (κ3) is 5.67. The molecular weight excluding hydrogens is 452 g/mol. The van der Waals surface area contributed by atoms with E-state index in [0.29, 0.717) is 29.4 Å². The number of carbonyl (C=O) groups is 1. The number of ether oxygens (including phenoxy) is 1. The van der Waals surface area contributed by atoms with Gasteiger partial charge in [-0.15, -0.1) is 0 Å². The molecule has 0 atom stereocenters. The van der Waals surface area contributed by atoms with Crippen molar-refractivity contribution < 1.29 is 17.9 Å². The Labute approximate surface area is 192 Å². The van der Waals surface area contributed by atoms with Gasteiger partial charge in [0.15, 0.2) is 6.61 Å². The molecule has 0 aliphatic carbocycles. The molecule has 10 heteroatoms. The number of rotatable bonds is 9. The summed E-state index contributed by atoms with van der Waals surface area (Å²) in [6.07, 6.45) is 1.70. The lowest BCUT2D eigenvalue weighted by atomic mass is 10.2. The lowest BCUT2D eigenvalue weighted by Gasteiger charge is -2.14. The van der Waals surface area contributed by atoms with E-state index in [1.165, 1.54) is 26.2 Å². The number of hydrogen-bond donors (Lipinski definition) is 2. The minimum absolute atomic E-state index is 0.169. The van der Waals surface area contributed by atoms with E-state index in [4.69, 9.17) is 16.3 Å². The summed E-state index contributed by atoms with van der Waals surface area (Å²) in [5.74, 6) is 0.181. The molecule has 1 heterocycles. The van der Waals surface area contributed by atoms with Crippen LogP contribution in [0.25, 0.3) is 10.9 Å². The molecule has 0 saturated carbocycles. The van der Waals surface area contributed by atoms with Crippen LogP contribution < -0.4 is 15.4 Å². The Kier molecular flexibility index (Phi) is 7.55. The van der Waals surface area contributed by atoms with Gasteiger partial charge in [-0.05, 0) is 55.0 Å². The first-order valence-electron chi connectivity index (χ1n) is 9.89. The van der Waals surface area contributed by atoms with Crippen LogP contribution in [0.15, 0.2) is 53.6 Å². The summed E-state index contributed by atoms with van der Waals surface area (Å²) >= 11 is 6.01. The zero-order chi connectivity index (χ0) is 23.3. The van der Waals surface area contributed by atoms with Crippen LogP contribution in [0.2, 0.25) is 5.02 Å². The third-order valence-corrected chi connectivity index (χ3v) is 6.80. The number of aryl methyl sites for hydroxylation is 1. The number of carbonyl (C=O) groups excluding carboxylic acids is 1. The minimum atomic E-state index is -3.52. The van der Waals surface area contributed by atoms with E-state index in [-0.39, 0.29) is 17.4 Å². The van der Waals surface area contributed by atoms with Gasteiger partial charge in [0.1, 0.15) is 5.75 Å². The van der Waals surface area contributed by atoms with Crippen molar-refractivity contribution in [3.05, 3.63) is 59.2 Å². The predicted octanol–water partition coefficient (Wildman–Crippen LogP) is 3.05. The van der Waals surface area contributed by atoms with E-state index in [9.17, 15) is 13.2 Å². The van der Waals surface area contributed by atoms with Crippen molar-refractivity contribution in [1.82, 2.24) is 14.6 Å². The van der Waals surface area contributed by atoms with Crippen molar-refractivity contribution in [3.8, 4) is 5.75 Å². The van der Waals surface area contributed by atoms with Gasteiger partial charge in [-0.2, -0.15) is 0 Å². The molecule has 2 aromatic carbocycles. The lowest BCUT2D eigenvalue weighted by molar-refractivity contribution is -0.123. The Morgan fingerprint density at radius 3 is 2.62 bits per heavy atom. The van der Waals surface area contributed by atoms with Crippen molar-refractivity contribution in [2.24, 2.45) is 0 Å². The summed E-state index contributed by atoms with van der Waals surface area (Å²) < 4.78 is 31.1. The standard InChI is InChI=1S/C22H25ClN4O4S/c1-15-12-17(32(29,30)27(2)3)5-7-21(15)31-14-22(28)26-11-10-25-19-8-9-24-20-13-16(23)4-6-18(19)20/h4-9,12-13H,10-11,14H2,1-3H3,(H,24,25)(H,26,28). The molecule has 0 unspecified atom stereocenters. The summed E-state index contributed by atoms with van der Waals surface area (Å²) in [7, 11) is -0.574. The number of anilines is 1. The Balaban J connectivity index is 1.48. The Bertz CT molecular complexity index is 1230. The first-order chi connectivity index (χ1) is 15.2. The Hall–Kier alpha value is -2.88. The highest BCUT2D eigenvalue weighted by molar-refractivity contribution is 7.89. The second-order valence-electron chi connectivity index (χ2n) is 7.30. The number of nitrogens with zero attached hydrogens (tertiary/aromatic N) is 2. The summed E-state index contributed by atoms with van der Waals surface area (Å²) in [5.41, 5.74) is 2.33.